The van der Waals surface area contributed by atoms with Crippen LogP contribution in [0.25, 0.3) is 10.8 Å². The molecule has 9 heteroatoms. The maximum absolute atomic E-state index is 12.6. The van der Waals surface area contributed by atoms with Crippen molar-refractivity contribution in [1.82, 2.24) is 5.43 Å². The Morgan fingerprint density at radius 2 is 1.57 bits per heavy atom. The number of benzene rings is 4. The molecule has 4 aromatic rings. The highest BCUT2D eigenvalue weighted by Gasteiger charge is 2.14. The van der Waals surface area contributed by atoms with E-state index in [9.17, 15) is 9.59 Å². The summed E-state index contributed by atoms with van der Waals surface area (Å²) in [5, 5.41) is 6.98. The zero-order valence-electron chi connectivity index (χ0n) is 18.0. The van der Waals surface area contributed by atoms with Crippen molar-refractivity contribution in [3.63, 3.8) is 0 Å². The maximum atomic E-state index is 12.6. The Balaban J connectivity index is 1.50. The number of carbonyl (C=O) groups is 2. The highest BCUT2D eigenvalue weighted by atomic mass is 35.5. The van der Waals surface area contributed by atoms with Crippen LogP contribution < -0.4 is 14.9 Å². The largest absolute Gasteiger partial charge is 0.482 e. The van der Waals surface area contributed by atoms with Gasteiger partial charge < -0.3 is 9.47 Å². The Kier molecular flexibility index (Phi) is 7.87. The van der Waals surface area contributed by atoms with Crippen LogP contribution in [0.1, 0.15) is 15.9 Å². The topological polar surface area (TPSA) is 77.0 Å². The van der Waals surface area contributed by atoms with Gasteiger partial charge in [0, 0.05) is 15.6 Å². The minimum atomic E-state index is -0.552. The first-order valence-corrected chi connectivity index (χ1v) is 11.4. The van der Waals surface area contributed by atoms with Gasteiger partial charge in [-0.1, -0.05) is 65.1 Å². The molecule has 1 N–H and O–H groups in total. The van der Waals surface area contributed by atoms with Crippen LogP contribution in [-0.2, 0) is 4.79 Å². The van der Waals surface area contributed by atoms with Gasteiger partial charge in [-0.05, 0) is 59.3 Å². The molecule has 0 aromatic heterocycles. The number of hydrogen-bond donors (Lipinski definition) is 1. The maximum Gasteiger partial charge on any atom is 0.343 e. The Morgan fingerprint density at radius 3 is 2.34 bits per heavy atom. The smallest absolute Gasteiger partial charge is 0.343 e. The second-order valence-corrected chi connectivity index (χ2v) is 8.53. The Bertz CT molecular complexity index is 1420. The molecule has 0 aliphatic carbocycles. The number of rotatable bonds is 7. The molecule has 0 saturated heterocycles. The zero-order valence-corrected chi connectivity index (χ0v) is 20.3. The van der Waals surface area contributed by atoms with Crippen LogP contribution in [-0.4, -0.2) is 24.7 Å². The van der Waals surface area contributed by atoms with E-state index >= 15 is 0 Å². The van der Waals surface area contributed by atoms with Crippen LogP contribution in [0, 0.1) is 0 Å². The molecule has 6 nitrogen and oxygen atoms in total. The van der Waals surface area contributed by atoms with Crippen molar-refractivity contribution in [1.29, 1.82) is 0 Å². The van der Waals surface area contributed by atoms with Gasteiger partial charge >= 0.3 is 5.97 Å². The van der Waals surface area contributed by atoms with E-state index in [1.165, 1.54) is 12.3 Å². The predicted molar refractivity (Wildman–Crippen MR) is 138 cm³/mol. The Morgan fingerprint density at radius 1 is 0.857 bits per heavy atom. The molecule has 0 aliphatic heterocycles. The molecule has 0 fully saturated rings. The molecule has 35 heavy (non-hydrogen) atoms. The van der Waals surface area contributed by atoms with Crippen LogP contribution in [0.4, 0.5) is 0 Å². The van der Waals surface area contributed by atoms with E-state index in [2.05, 4.69) is 10.5 Å². The lowest BCUT2D eigenvalue weighted by atomic mass is 10.0. The van der Waals surface area contributed by atoms with Gasteiger partial charge in [0.1, 0.15) is 11.5 Å². The van der Waals surface area contributed by atoms with E-state index in [1.807, 2.05) is 30.3 Å². The van der Waals surface area contributed by atoms with E-state index in [1.54, 1.807) is 42.5 Å². The van der Waals surface area contributed by atoms with Crippen LogP contribution in [0.15, 0.2) is 84.0 Å². The fourth-order valence-corrected chi connectivity index (χ4v) is 3.77. The molecule has 176 valence electrons. The van der Waals surface area contributed by atoms with Gasteiger partial charge in [0.2, 0.25) is 0 Å². The van der Waals surface area contributed by atoms with Crippen LogP contribution in [0.5, 0.6) is 11.5 Å². The molecule has 0 bridgehead atoms. The number of fused-ring (bicyclic) bond motifs is 1. The summed E-state index contributed by atoms with van der Waals surface area (Å²) in [5.41, 5.74) is 3.26. The number of hydrogen-bond acceptors (Lipinski definition) is 5. The van der Waals surface area contributed by atoms with E-state index in [0.717, 1.165) is 10.8 Å². The van der Waals surface area contributed by atoms with Crippen molar-refractivity contribution in [3.05, 3.63) is 105 Å². The molecule has 0 heterocycles. The number of nitrogens with one attached hydrogen (secondary N) is 1. The fourth-order valence-electron chi connectivity index (χ4n) is 3.18. The lowest BCUT2D eigenvalue weighted by molar-refractivity contribution is -0.123. The molecule has 1 amide bonds. The lowest BCUT2D eigenvalue weighted by Crippen LogP contribution is -2.24. The fraction of sp³-hybridized carbons (Fsp3) is 0.0385. The van der Waals surface area contributed by atoms with Gasteiger partial charge in [-0.3, -0.25) is 4.79 Å². The summed E-state index contributed by atoms with van der Waals surface area (Å²) in [6, 6.07) is 22.1. The highest BCUT2D eigenvalue weighted by molar-refractivity contribution is 6.35. The Hall–Kier alpha value is -3.58. The Labute approximate surface area is 216 Å². The van der Waals surface area contributed by atoms with E-state index < -0.39 is 11.9 Å². The molecule has 0 aliphatic rings. The molecule has 4 aromatic carbocycles. The monoisotopic (exact) mass is 526 g/mol. The lowest BCUT2D eigenvalue weighted by Gasteiger charge is -2.11. The third-order valence-electron chi connectivity index (χ3n) is 4.85. The second kappa shape index (κ2) is 11.2. The molecule has 0 radical (unpaired) electrons. The molecule has 0 saturated carbocycles. The first-order valence-electron chi connectivity index (χ1n) is 10.3. The number of ether oxygens (including phenoxy) is 2. The third kappa shape index (κ3) is 6.31. The van der Waals surface area contributed by atoms with E-state index in [-0.39, 0.29) is 17.4 Å². The van der Waals surface area contributed by atoms with Gasteiger partial charge in [0.05, 0.1) is 16.8 Å². The number of amides is 1. The van der Waals surface area contributed by atoms with E-state index in [0.29, 0.717) is 26.9 Å². The standard InChI is InChI=1S/C26H17Cl3N2O4/c27-18-8-5-17(6-9-18)26(33)35-23-11-7-16-3-1-2-4-20(16)21(23)14-30-31-25(32)15-34-24-12-10-19(28)13-22(24)29/h1-14H,15H2,(H,31,32). The normalized spacial score (nSPS) is 10.9. The molecule has 0 unspecified atom stereocenters. The first kappa shape index (κ1) is 24.5. The van der Waals surface area contributed by atoms with Crippen molar-refractivity contribution in [3.8, 4) is 11.5 Å². The second-order valence-electron chi connectivity index (χ2n) is 7.25. The zero-order chi connectivity index (χ0) is 24.8. The van der Waals surface area contributed by atoms with Gasteiger partial charge in [0.15, 0.2) is 6.61 Å². The average molecular weight is 528 g/mol. The number of halogens is 3. The van der Waals surface area contributed by atoms with Crippen LogP contribution in [0.2, 0.25) is 15.1 Å². The number of nitrogens with zero attached hydrogens (tertiary/aromatic N) is 1. The van der Waals surface area contributed by atoms with Crippen molar-refractivity contribution in [2.75, 3.05) is 6.61 Å². The van der Waals surface area contributed by atoms with Crippen LogP contribution >= 0.6 is 34.8 Å². The molecular weight excluding hydrogens is 511 g/mol. The third-order valence-corrected chi connectivity index (χ3v) is 5.63. The summed E-state index contributed by atoms with van der Waals surface area (Å²) in [6.07, 6.45) is 1.42. The highest BCUT2D eigenvalue weighted by Crippen LogP contribution is 2.28. The summed E-state index contributed by atoms with van der Waals surface area (Å²) < 4.78 is 11.0. The summed E-state index contributed by atoms with van der Waals surface area (Å²) in [4.78, 5) is 24.9. The quantitative estimate of drug-likeness (QED) is 0.128. The summed E-state index contributed by atoms with van der Waals surface area (Å²) in [6.45, 7) is -0.313. The van der Waals surface area contributed by atoms with Gasteiger partial charge in [-0.2, -0.15) is 5.10 Å². The van der Waals surface area contributed by atoms with Crippen molar-refractivity contribution in [2.45, 2.75) is 0 Å². The minimum Gasteiger partial charge on any atom is -0.482 e. The minimum absolute atomic E-state index is 0.283. The first-order chi connectivity index (χ1) is 16.9. The van der Waals surface area contributed by atoms with Crippen LogP contribution in [0.3, 0.4) is 0 Å². The summed E-state index contributed by atoms with van der Waals surface area (Å²) in [7, 11) is 0. The number of hydrazone groups is 1. The summed E-state index contributed by atoms with van der Waals surface area (Å²) in [5.74, 6) is -0.456. The van der Waals surface area contributed by atoms with Crippen molar-refractivity contribution in [2.24, 2.45) is 5.10 Å². The molecule has 0 atom stereocenters. The summed E-state index contributed by atoms with van der Waals surface area (Å²) >= 11 is 17.8. The predicted octanol–water partition coefficient (Wildman–Crippen LogP) is 6.55. The van der Waals surface area contributed by atoms with Crippen molar-refractivity contribution < 1.29 is 19.1 Å². The SMILES string of the molecule is O=C(COc1ccc(Cl)cc1Cl)NN=Cc1c(OC(=O)c2ccc(Cl)cc2)ccc2ccccc12. The average Bonchev–Trinajstić information content (AvgIpc) is 2.85. The van der Waals surface area contributed by atoms with Gasteiger partial charge in [0.25, 0.3) is 5.91 Å². The van der Waals surface area contributed by atoms with Crippen molar-refractivity contribution >= 4 is 63.7 Å². The van der Waals surface area contributed by atoms with E-state index in [4.69, 9.17) is 44.3 Å². The van der Waals surface area contributed by atoms with Gasteiger partial charge in [-0.25, -0.2) is 10.2 Å². The number of carbonyl (C=O) groups excluding carboxylic acids is 2. The number of esters is 1. The molecule has 4 rings (SSSR count). The van der Waals surface area contributed by atoms with Gasteiger partial charge in [-0.15, -0.1) is 0 Å². The molecule has 0 spiro atoms. The molecular formula is C26H17Cl3N2O4.